The van der Waals surface area contributed by atoms with Crippen LogP contribution in [0, 0.1) is 13.8 Å². The third-order valence-electron chi connectivity index (χ3n) is 6.79. The first-order valence-corrected chi connectivity index (χ1v) is 13.2. The minimum atomic E-state index is -0.525. The van der Waals surface area contributed by atoms with E-state index in [0.29, 0.717) is 16.8 Å². The van der Waals surface area contributed by atoms with Gasteiger partial charge in [0.1, 0.15) is 0 Å². The van der Waals surface area contributed by atoms with Crippen molar-refractivity contribution in [1.82, 2.24) is 4.98 Å². The second-order valence-corrected chi connectivity index (χ2v) is 9.75. The SMILES string of the molecule is CCCCCCCc1ccc(C(=O)COC(=O)c2cc(-c3ccc(C)cc3)nc3c(C)cccc23)cc1. The normalized spacial score (nSPS) is 11.0. The lowest BCUT2D eigenvalue weighted by Gasteiger charge is -2.12. The van der Waals surface area contributed by atoms with Crippen molar-refractivity contribution in [3.63, 3.8) is 0 Å². The Balaban J connectivity index is 1.46. The number of benzene rings is 3. The molecule has 3 aromatic carbocycles. The molecule has 0 amide bonds. The molecule has 0 saturated carbocycles. The summed E-state index contributed by atoms with van der Waals surface area (Å²) in [5, 5.41) is 0.719. The molecule has 190 valence electrons. The summed E-state index contributed by atoms with van der Waals surface area (Å²) in [6, 6.07) is 23.2. The van der Waals surface area contributed by atoms with Crippen molar-refractivity contribution in [2.24, 2.45) is 0 Å². The minimum Gasteiger partial charge on any atom is -0.454 e. The number of Topliss-reactive ketones (excluding diaryl/α,β-unsaturated/α-hetero) is 1. The number of pyridine rings is 1. The number of esters is 1. The van der Waals surface area contributed by atoms with Gasteiger partial charge in [-0.3, -0.25) is 4.79 Å². The van der Waals surface area contributed by atoms with E-state index in [4.69, 9.17) is 9.72 Å². The van der Waals surface area contributed by atoms with Crippen LogP contribution in [-0.2, 0) is 11.2 Å². The van der Waals surface area contributed by atoms with Crippen molar-refractivity contribution in [3.8, 4) is 11.3 Å². The average molecular weight is 494 g/mol. The minimum absolute atomic E-state index is 0.212. The predicted molar refractivity (Wildman–Crippen MR) is 150 cm³/mol. The zero-order valence-electron chi connectivity index (χ0n) is 22.0. The summed E-state index contributed by atoms with van der Waals surface area (Å²) in [7, 11) is 0. The van der Waals surface area contributed by atoms with Crippen LogP contribution in [0.5, 0.6) is 0 Å². The molecule has 4 heteroatoms. The fraction of sp³-hybridized carbons (Fsp3) is 0.303. The first-order chi connectivity index (χ1) is 18.0. The molecule has 0 saturated heterocycles. The second-order valence-electron chi connectivity index (χ2n) is 9.75. The molecule has 0 atom stereocenters. The number of para-hydroxylation sites is 1. The van der Waals surface area contributed by atoms with Crippen LogP contribution in [0.2, 0.25) is 0 Å². The van der Waals surface area contributed by atoms with Crippen LogP contribution in [0.25, 0.3) is 22.2 Å². The quantitative estimate of drug-likeness (QED) is 0.120. The maximum atomic E-state index is 13.2. The van der Waals surface area contributed by atoms with E-state index in [9.17, 15) is 9.59 Å². The molecular weight excluding hydrogens is 458 g/mol. The number of ether oxygens (including phenoxy) is 1. The summed E-state index contributed by atoms with van der Waals surface area (Å²) in [5.41, 5.74) is 6.70. The van der Waals surface area contributed by atoms with Gasteiger partial charge in [0.15, 0.2) is 12.4 Å². The molecule has 0 fully saturated rings. The van der Waals surface area contributed by atoms with E-state index in [-0.39, 0.29) is 12.4 Å². The van der Waals surface area contributed by atoms with Gasteiger partial charge in [-0.2, -0.15) is 0 Å². The maximum absolute atomic E-state index is 13.2. The van der Waals surface area contributed by atoms with E-state index >= 15 is 0 Å². The van der Waals surface area contributed by atoms with Crippen LogP contribution in [0.3, 0.4) is 0 Å². The molecule has 0 spiro atoms. The molecule has 0 aliphatic carbocycles. The van der Waals surface area contributed by atoms with Gasteiger partial charge in [-0.15, -0.1) is 0 Å². The van der Waals surface area contributed by atoms with E-state index in [1.165, 1.54) is 31.2 Å². The summed E-state index contributed by atoms with van der Waals surface area (Å²) in [6.45, 7) is 5.92. The first-order valence-electron chi connectivity index (χ1n) is 13.2. The highest BCUT2D eigenvalue weighted by molar-refractivity contribution is 6.06. The molecule has 0 unspecified atom stereocenters. The largest absolute Gasteiger partial charge is 0.454 e. The number of nitrogens with zero attached hydrogens (tertiary/aromatic N) is 1. The zero-order valence-corrected chi connectivity index (χ0v) is 22.0. The summed E-state index contributed by atoms with van der Waals surface area (Å²) >= 11 is 0. The Hall–Kier alpha value is -3.79. The number of unbranched alkanes of at least 4 members (excludes halogenated alkanes) is 4. The Bertz CT molecular complexity index is 1370. The van der Waals surface area contributed by atoms with Crippen LogP contribution < -0.4 is 0 Å². The predicted octanol–water partition coefficient (Wildman–Crippen LogP) is 8.07. The molecule has 4 aromatic rings. The van der Waals surface area contributed by atoms with Gasteiger partial charge in [-0.25, -0.2) is 9.78 Å². The van der Waals surface area contributed by atoms with E-state index < -0.39 is 5.97 Å². The van der Waals surface area contributed by atoms with Gasteiger partial charge in [-0.1, -0.05) is 105 Å². The number of ketones is 1. The molecule has 0 N–H and O–H groups in total. The van der Waals surface area contributed by atoms with Crippen molar-refractivity contribution < 1.29 is 14.3 Å². The molecule has 1 aromatic heterocycles. The third kappa shape index (κ3) is 6.71. The maximum Gasteiger partial charge on any atom is 0.339 e. The van der Waals surface area contributed by atoms with Crippen molar-refractivity contribution in [2.75, 3.05) is 6.61 Å². The lowest BCUT2D eigenvalue weighted by molar-refractivity contribution is 0.0476. The van der Waals surface area contributed by atoms with E-state index in [1.807, 2.05) is 80.6 Å². The Labute approximate surface area is 219 Å². The third-order valence-corrected chi connectivity index (χ3v) is 6.79. The Morgan fingerprint density at radius 3 is 2.30 bits per heavy atom. The standard InChI is InChI=1S/C33H35NO3/c1-4-5-6-7-8-11-25-15-19-27(20-16-25)31(35)22-37-33(36)29-21-30(26-17-13-23(2)14-18-26)34-32-24(3)10-9-12-28(29)32/h9-10,12-21H,4-8,11,22H2,1-3H3. The molecule has 0 aliphatic heterocycles. The van der Waals surface area contributed by atoms with E-state index in [2.05, 4.69) is 6.92 Å². The number of aryl methyl sites for hydroxylation is 3. The lowest BCUT2D eigenvalue weighted by Crippen LogP contribution is -2.15. The van der Waals surface area contributed by atoms with Gasteiger partial charge in [-0.05, 0) is 43.9 Å². The number of hydrogen-bond donors (Lipinski definition) is 0. The average Bonchev–Trinajstić information content (AvgIpc) is 2.92. The summed E-state index contributed by atoms with van der Waals surface area (Å²) in [4.78, 5) is 30.8. The van der Waals surface area contributed by atoms with Gasteiger partial charge >= 0.3 is 5.97 Å². The van der Waals surface area contributed by atoms with Gasteiger partial charge in [0.2, 0.25) is 0 Å². The summed E-state index contributed by atoms with van der Waals surface area (Å²) < 4.78 is 5.52. The van der Waals surface area contributed by atoms with Crippen LogP contribution in [0.15, 0.2) is 72.8 Å². The monoisotopic (exact) mass is 493 g/mol. The van der Waals surface area contributed by atoms with Crippen LogP contribution in [-0.4, -0.2) is 23.3 Å². The number of fused-ring (bicyclic) bond motifs is 1. The number of carbonyl (C=O) groups excluding carboxylic acids is 2. The van der Waals surface area contributed by atoms with Crippen LogP contribution in [0.1, 0.15) is 76.4 Å². The van der Waals surface area contributed by atoms with Crippen LogP contribution in [0.4, 0.5) is 0 Å². The van der Waals surface area contributed by atoms with Gasteiger partial charge in [0.05, 0.1) is 16.8 Å². The van der Waals surface area contributed by atoms with Crippen LogP contribution >= 0.6 is 0 Å². The number of rotatable bonds is 11. The van der Waals surface area contributed by atoms with Gasteiger partial charge in [0.25, 0.3) is 0 Å². The van der Waals surface area contributed by atoms with Gasteiger partial charge in [0, 0.05) is 16.5 Å². The molecule has 4 rings (SSSR count). The molecule has 0 bridgehead atoms. The molecular formula is C33H35NO3. The van der Waals surface area contributed by atoms with E-state index in [1.54, 1.807) is 6.07 Å². The van der Waals surface area contributed by atoms with Gasteiger partial charge < -0.3 is 4.74 Å². The van der Waals surface area contributed by atoms with Crippen molar-refractivity contribution in [2.45, 2.75) is 59.3 Å². The first kappa shape index (κ1) is 26.3. The number of hydrogen-bond acceptors (Lipinski definition) is 4. The van der Waals surface area contributed by atoms with Crippen molar-refractivity contribution >= 4 is 22.7 Å². The highest BCUT2D eigenvalue weighted by Gasteiger charge is 2.18. The van der Waals surface area contributed by atoms with Crippen molar-refractivity contribution in [1.29, 1.82) is 0 Å². The zero-order chi connectivity index (χ0) is 26.2. The fourth-order valence-corrected chi connectivity index (χ4v) is 4.52. The number of aromatic nitrogens is 1. The molecule has 0 aliphatic rings. The lowest BCUT2D eigenvalue weighted by atomic mass is 10.0. The van der Waals surface area contributed by atoms with E-state index in [0.717, 1.165) is 40.4 Å². The van der Waals surface area contributed by atoms with Crippen molar-refractivity contribution in [3.05, 3.63) is 101 Å². The molecule has 37 heavy (non-hydrogen) atoms. The molecule has 1 heterocycles. The summed E-state index contributed by atoms with van der Waals surface area (Å²) in [6.07, 6.45) is 7.22. The smallest absolute Gasteiger partial charge is 0.339 e. The number of carbonyl (C=O) groups is 2. The molecule has 4 nitrogen and oxygen atoms in total. The Kier molecular flexibility index (Phi) is 8.84. The fourth-order valence-electron chi connectivity index (χ4n) is 4.52. The Morgan fingerprint density at radius 1 is 0.838 bits per heavy atom. The summed E-state index contributed by atoms with van der Waals surface area (Å²) in [5.74, 6) is -0.737. The Morgan fingerprint density at radius 2 is 1.57 bits per heavy atom. The highest BCUT2D eigenvalue weighted by Crippen LogP contribution is 2.27. The molecule has 0 radical (unpaired) electrons. The second kappa shape index (κ2) is 12.4. The highest BCUT2D eigenvalue weighted by atomic mass is 16.5. The topological polar surface area (TPSA) is 56.3 Å².